The first-order valence-corrected chi connectivity index (χ1v) is 12.5. The van der Waals surface area contributed by atoms with Crippen LogP contribution in [-0.4, -0.2) is 20.7 Å². The number of esters is 1. The van der Waals surface area contributed by atoms with Crippen molar-refractivity contribution in [3.05, 3.63) is 124 Å². The summed E-state index contributed by atoms with van der Waals surface area (Å²) in [6, 6.07) is 29.2. The van der Waals surface area contributed by atoms with Crippen LogP contribution in [0.5, 0.6) is 17.2 Å². The molecule has 1 aliphatic heterocycles. The molecule has 0 saturated carbocycles. The number of alkyl halides is 1. The quantitative estimate of drug-likeness (QED) is 0.164. The minimum Gasteiger partial charge on any atom is -0.508 e. The largest absolute Gasteiger partial charge is 0.508 e. The fraction of sp³-hybridized carbons (Fsp3) is 0.103. The van der Waals surface area contributed by atoms with Crippen molar-refractivity contribution in [2.24, 2.45) is 0 Å². The van der Waals surface area contributed by atoms with E-state index >= 15 is 0 Å². The number of carbonyl (C=O) groups excluding carboxylic acids is 1. The molecular weight excluding hydrogens is 538 g/mol. The molecule has 1 aliphatic rings. The predicted octanol–water partition coefficient (Wildman–Crippen LogP) is 5.78. The molecule has 0 fully saturated rings. The third-order valence-electron chi connectivity index (χ3n) is 5.43. The summed E-state index contributed by atoms with van der Waals surface area (Å²) in [5, 5.41) is 19.4. The van der Waals surface area contributed by atoms with Crippen LogP contribution in [0.3, 0.4) is 0 Å². The Morgan fingerprint density at radius 2 is 1.41 bits per heavy atom. The Balaban J connectivity index is 0.000000143. The molecule has 8 heteroatoms. The number of aromatic nitrogens is 1. The number of nitrogens with zero attached hydrogens (tertiary/aromatic N) is 1. The van der Waals surface area contributed by atoms with Crippen molar-refractivity contribution in [3.8, 4) is 17.2 Å². The highest BCUT2D eigenvalue weighted by Gasteiger charge is 2.19. The zero-order valence-corrected chi connectivity index (χ0v) is 21.3. The Hall–Kier alpha value is -4.30. The van der Waals surface area contributed by atoms with E-state index in [2.05, 4.69) is 28.1 Å². The Bertz CT molecular complexity index is 1540. The predicted molar refractivity (Wildman–Crippen MR) is 144 cm³/mol. The number of hydrogen-bond acceptors (Lipinski definition) is 6. The van der Waals surface area contributed by atoms with Crippen LogP contribution in [0.15, 0.2) is 106 Å². The van der Waals surface area contributed by atoms with Gasteiger partial charge in [0.15, 0.2) is 5.58 Å². The van der Waals surface area contributed by atoms with E-state index in [0.29, 0.717) is 23.4 Å². The van der Waals surface area contributed by atoms with E-state index in [9.17, 15) is 14.7 Å². The first-order valence-electron chi connectivity index (χ1n) is 11.4. The van der Waals surface area contributed by atoms with Gasteiger partial charge >= 0.3 is 11.7 Å². The molecule has 1 aromatic heterocycles. The van der Waals surface area contributed by atoms with Crippen LogP contribution in [0.1, 0.15) is 16.7 Å². The van der Waals surface area contributed by atoms with Gasteiger partial charge in [0.25, 0.3) is 0 Å². The molecule has 0 radical (unpaired) electrons. The highest BCUT2D eigenvalue weighted by molar-refractivity contribution is 9.08. The fourth-order valence-electron chi connectivity index (χ4n) is 3.65. The van der Waals surface area contributed by atoms with Gasteiger partial charge in [-0.3, -0.25) is 9.36 Å². The summed E-state index contributed by atoms with van der Waals surface area (Å²) in [7, 11) is 0. The molecule has 0 spiro atoms. The van der Waals surface area contributed by atoms with Gasteiger partial charge in [-0.1, -0.05) is 76.6 Å². The van der Waals surface area contributed by atoms with Crippen molar-refractivity contribution in [3.63, 3.8) is 0 Å². The second kappa shape index (κ2) is 12.1. The van der Waals surface area contributed by atoms with E-state index in [1.54, 1.807) is 18.2 Å². The van der Waals surface area contributed by atoms with Crippen molar-refractivity contribution >= 4 is 33.0 Å². The van der Waals surface area contributed by atoms with E-state index < -0.39 is 5.76 Å². The van der Waals surface area contributed by atoms with Crippen molar-refractivity contribution in [2.45, 2.75) is 18.3 Å². The molecule has 5 aromatic rings. The van der Waals surface area contributed by atoms with E-state index in [1.165, 1.54) is 28.3 Å². The molecule has 6 rings (SSSR count). The normalized spacial score (nSPS) is 11.5. The van der Waals surface area contributed by atoms with Gasteiger partial charge in [-0.15, -0.1) is 0 Å². The van der Waals surface area contributed by atoms with Crippen LogP contribution in [0.4, 0.5) is 0 Å². The molecule has 0 bridgehead atoms. The lowest BCUT2D eigenvalue weighted by atomic mass is 10.1. The lowest BCUT2D eigenvalue weighted by Crippen LogP contribution is -2.14. The molecule has 2 N–H and O–H groups in total. The van der Waals surface area contributed by atoms with Crippen LogP contribution in [0.25, 0.3) is 11.1 Å². The second-order valence-corrected chi connectivity index (χ2v) is 8.71. The Morgan fingerprint density at radius 3 is 2.05 bits per heavy atom. The summed E-state index contributed by atoms with van der Waals surface area (Å²) >= 11 is 3.36. The molecular formula is C29H24BrNO6. The molecule has 37 heavy (non-hydrogen) atoms. The van der Waals surface area contributed by atoms with Crippen LogP contribution in [0.2, 0.25) is 0 Å². The number of halogens is 1. The number of aromatic hydroxyl groups is 2. The smallest absolute Gasteiger partial charge is 0.420 e. The Morgan fingerprint density at radius 1 is 0.784 bits per heavy atom. The molecule has 0 aliphatic carbocycles. The van der Waals surface area contributed by atoms with Crippen LogP contribution in [0, 0.1) is 0 Å². The van der Waals surface area contributed by atoms with Gasteiger partial charge in [-0.2, -0.15) is 0 Å². The monoisotopic (exact) mass is 561 g/mol. The van der Waals surface area contributed by atoms with Gasteiger partial charge in [-0.05, 0) is 41.5 Å². The highest BCUT2D eigenvalue weighted by Crippen LogP contribution is 2.28. The van der Waals surface area contributed by atoms with E-state index in [1.807, 2.05) is 48.5 Å². The van der Waals surface area contributed by atoms with E-state index in [0.717, 1.165) is 16.5 Å². The molecule has 0 saturated heterocycles. The Labute approximate surface area is 221 Å². The van der Waals surface area contributed by atoms with Gasteiger partial charge in [-0.25, -0.2) is 4.79 Å². The summed E-state index contributed by atoms with van der Waals surface area (Å²) in [4.78, 5) is 22.5. The van der Waals surface area contributed by atoms with Gasteiger partial charge in [0.05, 0.1) is 18.5 Å². The molecule has 2 heterocycles. The van der Waals surface area contributed by atoms with Gasteiger partial charge in [0, 0.05) is 17.0 Å². The van der Waals surface area contributed by atoms with Crippen molar-refractivity contribution in [2.75, 3.05) is 0 Å². The molecule has 4 aromatic carbocycles. The summed E-state index contributed by atoms with van der Waals surface area (Å²) in [5.74, 6) is 0.171. The number of phenolic OH excluding ortho intramolecular Hbond substituents is 2. The Kier molecular flexibility index (Phi) is 8.43. The summed E-state index contributed by atoms with van der Waals surface area (Å²) in [5.41, 5.74) is 4.17. The molecule has 7 nitrogen and oxygen atoms in total. The van der Waals surface area contributed by atoms with Gasteiger partial charge in [0.2, 0.25) is 0 Å². The number of rotatable bonds is 3. The molecule has 0 amide bonds. The molecule has 0 unspecified atom stereocenters. The first-order chi connectivity index (χ1) is 17.9. The maximum Gasteiger partial charge on any atom is 0.420 e. The fourth-order valence-corrected chi connectivity index (χ4v) is 4.02. The number of ether oxygens (including phenoxy) is 1. The molecule has 188 valence electrons. The van der Waals surface area contributed by atoms with Crippen molar-refractivity contribution < 1.29 is 24.2 Å². The number of fused-ring (bicyclic) bond motifs is 2. The average molecular weight is 562 g/mol. The van der Waals surface area contributed by atoms with Crippen molar-refractivity contribution in [1.82, 2.24) is 4.57 Å². The maximum absolute atomic E-state index is 11.8. The minimum absolute atomic E-state index is 0.116. The number of oxazole rings is 1. The summed E-state index contributed by atoms with van der Waals surface area (Å²) in [6.45, 7) is 0.427. The van der Waals surface area contributed by atoms with Crippen LogP contribution in [-0.2, 0) is 23.1 Å². The van der Waals surface area contributed by atoms with Gasteiger partial charge in [0.1, 0.15) is 17.2 Å². The van der Waals surface area contributed by atoms with Gasteiger partial charge < -0.3 is 19.4 Å². The lowest BCUT2D eigenvalue weighted by molar-refractivity contribution is -0.131. The number of hydrogen-bond donors (Lipinski definition) is 2. The summed E-state index contributed by atoms with van der Waals surface area (Å²) < 4.78 is 11.4. The number of phenols is 2. The van der Waals surface area contributed by atoms with Crippen molar-refractivity contribution in [1.29, 1.82) is 0 Å². The third-order valence-corrected chi connectivity index (χ3v) is 6.08. The lowest BCUT2D eigenvalue weighted by Gasteiger charge is -2.02. The SMILES string of the molecule is BrCc1ccccc1.O=C1Cc2cc(O)ccc2O1.O=c1oc2ccc(O)cc2n1Cc1ccccc1. The highest BCUT2D eigenvalue weighted by atomic mass is 79.9. The summed E-state index contributed by atoms with van der Waals surface area (Å²) in [6.07, 6.45) is 0.268. The number of benzene rings is 4. The van der Waals surface area contributed by atoms with Crippen LogP contribution < -0.4 is 10.5 Å². The molecule has 0 atom stereocenters. The van der Waals surface area contributed by atoms with Crippen LogP contribution >= 0.6 is 15.9 Å². The second-order valence-electron chi connectivity index (χ2n) is 8.15. The van der Waals surface area contributed by atoms with E-state index in [-0.39, 0.29) is 23.9 Å². The van der Waals surface area contributed by atoms with E-state index in [4.69, 9.17) is 14.3 Å². The first kappa shape index (κ1) is 25.8. The minimum atomic E-state index is -0.417. The zero-order chi connectivity index (χ0) is 26.2. The standard InChI is InChI=1S/C14H11NO3.C8H6O3.C7H7Br/c16-11-6-7-13-12(8-11)15(14(17)18-13)9-10-4-2-1-3-5-10;9-6-1-2-7-5(3-6)4-8(10)11-7;8-6-7-4-2-1-3-5-7/h1-8,16H,9H2;1-3,9H,4H2;1-5H,6H2. The number of carbonyl (C=O) groups is 1. The topological polar surface area (TPSA) is 102 Å². The third kappa shape index (κ3) is 6.89. The average Bonchev–Trinajstić information content (AvgIpc) is 3.43. The zero-order valence-electron chi connectivity index (χ0n) is 19.7. The maximum atomic E-state index is 11.8.